The van der Waals surface area contributed by atoms with E-state index in [4.69, 9.17) is 37.0 Å². The Balaban J connectivity index is 5.20. The van der Waals surface area contributed by atoms with Crippen molar-refractivity contribution in [2.45, 2.75) is 490 Å². The smallest absolute Gasteiger partial charge is 0.462 e. The Labute approximate surface area is 658 Å². The molecule has 0 saturated carbocycles. The monoisotopic (exact) mass is 1560 g/mol. The second-order valence-corrected chi connectivity index (χ2v) is 35.5. The number of phosphoric acid groups is 2. The van der Waals surface area contributed by atoms with Gasteiger partial charge in [0.2, 0.25) is 0 Å². The zero-order valence-corrected chi connectivity index (χ0v) is 72.2. The van der Waals surface area contributed by atoms with Crippen molar-refractivity contribution in [1.29, 1.82) is 0 Å². The molecule has 0 rings (SSSR count). The summed E-state index contributed by atoms with van der Waals surface area (Å²) < 4.78 is 68.9. The number of aliphatic hydroxyl groups excluding tert-OH is 1. The molecule has 636 valence electrons. The lowest BCUT2D eigenvalue weighted by atomic mass is 10.0. The summed E-state index contributed by atoms with van der Waals surface area (Å²) >= 11 is 0. The van der Waals surface area contributed by atoms with Crippen LogP contribution >= 0.6 is 15.6 Å². The SMILES string of the molecule is CCCCCCCCCCCCCCCCCCCCCCCCC(=O)O[C@H](COC(=O)CCCCCCCCCCCCCCCCCC(C)C)COP(=O)(O)OC[C@@H](O)COP(=O)(O)OC[C@@H](COC(=O)CCCCCCCCCCC)OC(=O)CCCCCCCCCCCCCCCCCC(C)C. The molecule has 0 radical (unpaired) electrons. The molecule has 0 aromatic rings. The number of ether oxygens (including phenoxy) is 4. The number of hydrogen-bond donors (Lipinski definition) is 3. The predicted molar refractivity (Wildman–Crippen MR) is 442 cm³/mol. The molecule has 19 heteroatoms. The van der Waals surface area contributed by atoms with Gasteiger partial charge in [-0.15, -0.1) is 0 Å². The van der Waals surface area contributed by atoms with Crippen LogP contribution in [0.4, 0.5) is 0 Å². The second-order valence-electron chi connectivity index (χ2n) is 32.6. The number of carbonyl (C=O) groups excluding carboxylic acids is 4. The number of hydrogen-bond acceptors (Lipinski definition) is 15. The summed E-state index contributed by atoms with van der Waals surface area (Å²) in [6.07, 6.45) is 72.3. The van der Waals surface area contributed by atoms with Gasteiger partial charge >= 0.3 is 39.5 Å². The number of esters is 4. The third-order valence-electron chi connectivity index (χ3n) is 20.7. The Bertz CT molecular complexity index is 2050. The van der Waals surface area contributed by atoms with E-state index in [0.717, 1.165) is 102 Å². The van der Waals surface area contributed by atoms with Crippen LogP contribution in [0, 0.1) is 11.8 Å². The Morgan fingerprint density at radius 1 is 0.252 bits per heavy atom. The van der Waals surface area contributed by atoms with Gasteiger partial charge in [-0.2, -0.15) is 0 Å². The fraction of sp³-hybridized carbons (Fsp3) is 0.955. The summed E-state index contributed by atoms with van der Waals surface area (Å²) in [5, 5.41) is 10.7. The predicted octanol–water partition coefficient (Wildman–Crippen LogP) is 27.0. The lowest BCUT2D eigenvalue weighted by molar-refractivity contribution is -0.161. The molecule has 2 unspecified atom stereocenters. The van der Waals surface area contributed by atoms with Crippen LogP contribution in [0.3, 0.4) is 0 Å². The van der Waals surface area contributed by atoms with Gasteiger partial charge in [0.05, 0.1) is 26.4 Å². The van der Waals surface area contributed by atoms with E-state index in [9.17, 15) is 43.2 Å². The maximum absolute atomic E-state index is 13.2. The van der Waals surface area contributed by atoms with Crippen LogP contribution in [0.5, 0.6) is 0 Å². The largest absolute Gasteiger partial charge is 0.472 e. The van der Waals surface area contributed by atoms with Gasteiger partial charge in [0.15, 0.2) is 12.2 Å². The van der Waals surface area contributed by atoms with Gasteiger partial charge < -0.3 is 33.8 Å². The molecule has 0 amide bonds. The Kier molecular flexibility index (Phi) is 77.9. The van der Waals surface area contributed by atoms with E-state index < -0.39 is 97.5 Å². The summed E-state index contributed by atoms with van der Waals surface area (Å²) in [4.78, 5) is 73.2. The van der Waals surface area contributed by atoms with E-state index in [-0.39, 0.29) is 25.7 Å². The van der Waals surface area contributed by atoms with Gasteiger partial charge in [-0.05, 0) is 37.5 Å². The van der Waals surface area contributed by atoms with Crippen LogP contribution in [-0.2, 0) is 65.4 Å². The highest BCUT2D eigenvalue weighted by Crippen LogP contribution is 2.45. The molecule has 107 heavy (non-hydrogen) atoms. The first-order valence-electron chi connectivity index (χ1n) is 45.5. The van der Waals surface area contributed by atoms with Crippen LogP contribution < -0.4 is 0 Å². The molecule has 3 N–H and O–H groups in total. The van der Waals surface area contributed by atoms with Gasteiger partial charge in [0.1, 0.15) is 19.3 Å². The van der Waals surface area contributed by atoms with Crippen LogP contribution in [-0.4, -0.2) is 96.7 Å². The highest BCUT2D eigenvalue weighted by molar-refractivity contribution is 7.47. The van der Waals surface area contributed by atoms with Crippen molar-refractivity contribution < 1.29 is 80.2 Å². The molecule has 0 aliphatic heterocycles. The molecular weight excluding hydrogens is 1390 g/mol. The highest BCUT2D eigenvalue weighted by Gasteiger charge is 2.30. The molecule has 0 aliphatic carbocycles. The van der Waals surface area contributed by atoms with E-state index >= 15 is 0 Å². The standard InChI is InChI=1S/C88H172O17P2/c1-7-9-11-13-15-17-18-19-20-21-22-23-24-25-26-31-37-42-48-54-60-66-72-88(93)105-84(77-99-86(91)71-65-59-53-47-41-36-32-27-29-34-39-45-50-56-62-68-80(3)4)79-103-107(96,97)101-75-82(89)74-100-106(94,95)102-78-83(76-98-85(90)70-64-58-52-44-16-14-12-10-8-2)104-87(92)73-67-61-55-49-43-38-33-28-30-35-40-46-51-57-63-69-81(5)6/h80-84,89H,7-79H2,1-6H3,(H,94,95)(H,96,97)/t82-,83+,84+/m0/s1. The quantitative estimate of drug-likeness (QED) is 0.0222. The van der Waals surface area contributed by atoms with E-state index in [1.165, 1.54) is 289 Å². The van der Waals surface area contributed by atoms with E-state index in [1.807, 2.05) is 0 Å². The van der Waals surface area contributed by atoms with Crippen LogP contribution in [0.15, 0.2) is 0 Å². The van der Waals surface area contributed by atoms with Crippen molar-refractivity contribution in [3.63, 3.8) is 0 Å². The fourth-order valence-electron chi connectivity index (χ4n) is 13.8. The summed E-state index contributed by atoms with van der Waals surface area (Å²) in [5.74, 6) is -0.492. The van der Waals surface area contributed by atoms with Crippen LogP contribution in [0.1, 0.15) is 472 Å². The highest BCUT2D eigenvalue weighted by atomic mass is 31.2. The molecule has 0 fully saturated rings. The maximum Gasteiger partial charge on any atom is 0.472 e. The van der Waals surface area contributed by atoms with Crippen molar-refractivity contribution in [3.05, 3.63) is 0 Å². The maximum atomic E-state index is 13.2. The van der Waals surface area contributed by atoms with Crippen molar-refractivity contribution in [1.82, 2.24) is 0 Å². The molecule has 0 aromatic heterocycles. The molecule has 0 aliphatic rings. The summed E-state index contributed by atoms with van der Waals surface area (Å²) in [7, 11) is -9.93. The second kappa shape index (κ2) is 79.3. The Morgan fingerprint density at radius 2 is 0.430 bits per heavy atom. The average Bonchev–Trinajstić information content (AvgIpc) is 0.904. The number of carbonyl (C=O) groups is 4. The fourth-order valence-corrected chi connectivity index (χ4v) is 15.4. The van der Waals surface area contributed by atoms with Gasteiger partial charge in [0.25, 0.3) is 0 Å². The lowest BCUT2D eigenvalue weighted by Gasteiger charge is -2.21. The topological polar surface area (TPSA) is 237 Å². The van der Waals surface area contributed by atoms with Crippen molar-refractivity contribution in [3.8, 4) is 0 Å². The molecule has 0 bridgehead atoms. The molecule has 5 atom stereocenters. The number of aliphatic hydroxyl groups is 1. The zero-order valence-electron chi connectivity index (χ0n) is 70.5. The lowest BCUT2D eigenvalue weighted by Crippen LogP contribution is -2.30. The molecule has 0 saturated heterocycles. The first-order valence-corrected chi connectivity index (χ1v) is 48.5. The van der Waals surface area contributed by atoms with Gasteiger partial charge in [-0.25, -0.2) is 9.13 Å². The van der Waals surface area contributed by atoms with Crippen LogP contribution in [0.2, 0.25) is 0 Å². The summed E-state index contributed by atoms with van der Waals surface area (Å²) in [5.41, 5.74) is 0. The van der Waals surface area contributed by atoms with Gasteiger partial charge in [-0.3, -0.25) is 37.3 Å². The zero-order chi connectivity index (χ0) is 78.5. The molecule has 0 heterocycles. The average molecular weight is 1560 g/mol. The van der Waals surface area contributed by atoms with Crippen molar-refractivity contribution in [2.24, 2.45) is 11.8 Å². The molecule has 0 aromatic carbocycles. The summed E-state index contributed by atoms with van der Waals surface area (Å²) in [6.45, 7) is 9.72. The molecular formula is C88H172O17P2. The number of phosphoric ester groups is 2. The third-order valence-corrected chi connectivity index (χ3v) is 22.6. The minimum Gasteiger partial charge on any atom is -0.462 e. The minimum atomic E-state index is -4.97. The minimum absolute atomic E-state index is 0.108. The first kappa shape index (κ1) is 105. The number of unbranched alkanes of at least 4 members (excludes halogenated alkanes) is 57. The van der Waals surface area contributed by atoms with E-state index in [1.54, 1.807) is 0 Å². The van der Waals surface area contributed by atoms with Crippen molar-refractivity contribution in [2.75, 3.05) is 39.6 Å². The molecule has 17 nitrogen and oxygen atoms in total. The van der Waals surface area contributed by atoms with Crippen LogP contribution in [0.25, 0.3) is 0 Å². The van der Waals surface area contributed by atoms with E-state index in [2.05, 4.69) is 41.5 Å². The summed E-state index contributed by atoms with van der Waals surface area (Å²) in [6, 6.07) is 0. The molecule has 0 spiro atoms. The first-order chi connectivity index (χ1) is 51.9. The Hall–Kier alpha value is -1.94. The number of rotatable bonds is 87. The van der Waals surface area contributed by atoms with Crippen molar-refractivity contribution >= 4 is 39.5 Å². The van der Waals surface area contributed by atoms with Gasteiger partial charge in [0, 0.05) is 25.7 Å². The van der Waals surface area contributed by atoms with Gasteiger partial charge in [-0.1, -0.05) is 420 Å². The normalized spacial score (nSPS) is 13.8. The Morgan fingerprint density at radius 3 is 0.636 bits per heavy atom. The third kappa shape index (κ3) is 81.9. The van der Waals surface area contributed by atoms with E-state index in [0.29, 0.717) is 25.7 Å².